The van der Waals surface area contributed by atoms with Gasteiger partial charge in [0.1, 0.15) is 0 Å². The lowest BCUT2D eigenvalue weighted by Crippen LogP contribution is -2.53. The van der Waals surface area contributed by atoms with Gasteiger partial charge in [-0.1, -0.05) is 19.3 Å². The fraction of sp³-hybridized carbons (Fsp3) is 0.955. The number of likely N-dealkylation sites (tertiary alicyclic amines) is 1. The van der Waals surface area contributed by atoms with Crippen LogP contribution in [0.25, 0.3) is 0 Å². The van der Waals surface area contributed by atoms with Gasteiger partial charge < -0.3 is 26.0 Å². The van der Waals surface area contributed by atoms with Gasteiger partial charge in [0.05, 0.1) is 0 Å². The van der Waals surface area contributed by atoms with Crippen molar-refractivity contribution in [2.75, 3.05) is 32.7 Å². The number of rotatable bonds is 4. The average molecular weight is 405 g/mol. The van der Waals surface area contributed by atoms with Gasteiger partial charge in [0.2, 0.25) is 5.91 Å². The van der Waals surface area contributed by atoms with E-state index in [0.29, 0.717) is 11.8 Å². The summed E-state index contributed by atoms with van der Waals surface area (Å²) in [7, 11) is -1.25. The van der Waals surface area contributed by atoms with Crippen molar-refractivity contribution in [3.63, 3.8) is 0 Å². The Balaban J connectivity index is 1.33. The summed E-state index contributed by atoms with van der Waals surface area (Å²) in [6, 6.07) is 0. The number of hydrogen-bond acceptors (Lipinski definition) is 5. The first-order chi connectivity index (χ1) is 14.1. The predicted molar refractivity (Wildman–Crippen MR) is 115 cm³/mol. The summed E-state index contributed by atoms with van der Waals surface area (Å²) < 4.78 is 0. The topological polar surface area (TPSA) is 98.8 Å². The molecule has 2 saturated heterocycles. The Morgan fingerprint density at radius 1 is 1.00 bits per heavy atom. The fourth-order valence-electron chi connectivity index (χ4n) is 7.15. The van der Waals surface area contributed by atoms with Crippen molar-refractivity contribution in [3.05, 3.63) is 0 Å². The zero-order valence-corrected chi connectivity index (χ0v) is 17.8. The van der Waals surface area contributed by atoms with Crippen molar-refractivity contribution in [1.29, 1.82) is 0 Å². The SMILES string of the molecule is NCC1CCCC(C2CCN(C(=O)C3CCC(B(O)O)C4CCNCC34)CC2)C1. The van der Waals surface area contributed by atoms with Crippen LogP contribution in [0.5, 0.6) is 0 Å². The minimum Gasteiger partial charge on any atom is -0.427 e. The predicted octanol–water partition coefficient (Wildman–Crippen LogP) is 1.47. The first kappa shape index (κ1) is 21.6. The third kappa shape index (κ3) is 4.68. The van der Waals surface area contributed by atoms with Gasteiger partial charge in [-0.2, -0.15) is 0 Å². The molecule has 2 aliphatic heterocycles. The fourth-order valence-corrected chi connectivity index (χ4v) is 7.15. The summed E-state index contributed by atoms with van der Waals surface area (Å²) in [5, 5.41) is 23.1. The second-order valence-electron chi connectivity index (χ2n) is 10.3. The van der Waals surface area contributed by atoms with Gasteiger partial charge in [-0.15, -0.1) is 0 Å². The molecule has 0 aromatic heterocycles. The molecule has 0 bridgehead atoms. The lowest BCUT2D eigenvalue weighted by Gasteiger charge is -2.47. The molecule has 7 heteroatoms. The van der Waals surface area contributed by atoms with Crippen molar-refractivity contribution in [2.45, 2.75) is 63.6 Å². The highest BCUT2D eigenvalue weighted by atomic mass is 16.4. The molecule has 164 valence electrons. The maximum Gasteiger partial charge on any atom is 0.455 e. The highest BCUT2D eigenvalue weighted by Crippen LogP contribution is 2.47. The van der Waals surface area contributed by atoms with E-state index >= 15 is 0 Å². The lowest BCUT2D eigenvalue weighted by molar-refractivity contribution is -0.142. The molecule has 0 aromatic carbocycles. The summed E-state index contributed by atoms with van der Waals surface area (Å²) in [6.07, 6.45) is 10.0. The van der Waals surface area contributed by atoms with E-state index < -0.39 is 7.12 Å². The Bertz CT molecular complexity index is 555. The van der Waals surface area contributed by atoms with Crippen molar-refractivity contribution in [2.24, 2.45) is 41.2 Å². The van der Waals surface area contributed by atoms with Gasteiger partial charge in [-0.05, 0) is 93.6 Å². The summed E-state index contributed by atoms with van der Waals surface area (Å²) in [6.45, 7) is 4.39. The number of carbonyl (C=O) groups excluding carboxylic acids is 1. The Labute approximate surface area is 176 Å². The second kappa shape index (κ2) is 9.67. The van der Waals surface area contributed by atoms with Crippen LogP contribution < -0.4 is 11.1 Å². The van der Waals surface area contributed by atoms with E-state index in [4.69, 9.17) is 5.73 Å². The van der Waals surface area contributed by atoms with E-state index in [2.05, 4.69) is 10.2 Å². The van der Waals surface area contributed by atoms with E-state index in [0.717, 1.165) is 76.7 Å². The molecule has 4 fully saturated rings. The molecule has 5 N–H and O–H groups in total. The molecule has 0 spiro atoms. The molecular weight excluding hydrogens is 365 g/mol. The standard InChI is InChI=1S/C22H40BN3O3/c24-13-15-2-1-3-17(12-15)16-7-10-26(11-8-16)22(27)19-4-5-21(23(28)29)18-6-9-25-14-20(18)19/h15-21,25,28-29H,1-14,24H2. The number of piperidine rings is 2. The largest absolute Gasteiger partial charge is 0.455 e. The second-order valence-corrected chi connectivity index (χ2v) is 10.3. The third-order valence-corrected chi connectivity index (χ3v) is 8.84. The third-order valence-electron chi connectivity index (χ3n) is 8.84. The van der Waals surface area contributed by atoms with E-state index in [1.807, 2.05) is 0 Å². The summed E-state index contributed by atoms with van der Waals surface area (Å²) in [5.74, 6) is 3.10. The molecule has 2 aliphatic carbocycles. The Morgan fingerprint density at radius 2 is 1.79 bits per heavy atom. The maximum absolute atomic E-state index is 13.4. The number of hydrogen-bond donors (Lipinski definition) is 4. The minimum absolute atomic E-state index is 0.0515. The van der Waals surface area contributed by atoms with Crippen LogP contribution >= 0.6 is 0 Å². The monoisotopic (exact) mass is 405 g/mol. The molecule has 1 amide bonds. The Hall–Kier alpha value is -0.625. The van der Waals surface area contributed by atoms with Crippen molar-refractivity contribution < 1.29 is 14.8 Å². The van der Waals surface area contributed by atoms with Crippen LogP contribution in [0.3, 0.4) is 0 Å². The van der Waals surface area contributed by atoms with Gasteiger partial charge in [0.15, 0.2) is 0 Å². The molecule has 0 aromatic rings. The van der Waals surface area contributed by atoms with Gasteiger partial charge in [0, 0.05) is 19.0 Å². The maximum atomic E-state index is 13.4. The Kier molecular flexibility index (Phi) is 7.20. The van der Waals surface area contributed by atoms with E-state index in [1.165, 1.54) is 25.7 Å². The van der Waals surface area contributed by atoms with Crippen molar-refractivity contribution in [3.8, 4) is 0 Å². The molecule has 6 nitrogen and oxygen atoms in total. The smallest absolute Gasteiger partial charge is 0.427 e. The quantitative estimate of drug-likeness (QED) is 0.531. The lowest BCUT2D eigenvalue weighted by atomic mass is 9.52. The molecule has 29 heavy (non-hydrogen) atoms. The number of nitrogens with two attached hydrogens (primary N) is 1. The molecule has 0 radical (unpaired) electrons. The van der Waals surface area contributed by atoms with E-state index in [9.17, 15) is 14.8 Å². The summed E-state index contributed by atoms with van der Waals surface area (Å²) >= 11 is 0. The van der Waals surface area contributed by atoms with Gasteiger partial charge in [0.25, 0.3) is 0 Å². The highest BCUT2D eigenvalue weighted by Gasteiger charge is 2.48. The molecule has 4 rings (SSSR count). The Morgan fingerprint density at radius 3 is 2.52 bits per heavy atom. The van der Waals surface area contributed by atoms with E-state index in [-0.39, 0.29) is 23.6 Å². The van der Waals surface area contributed by atoms with Gasteiger partial charge in [-0.3, -0.25) is 4.79 Å². The molecule has 6 atom stereocenters. The molecular formula is C22H40BN3O3. The average Bonchev–Trinajstić information content (AvgIpc) is 2.78. The number of fused-ring (bicyclic) bond motifs is 1. The first-order valence-electron chi connectivity index (χ1n) is 12.1. The van der Waals surface area contributed by atoms with Crippen LogP contribution in [-0.4, -0.2) is 60.7 Å². The minimum atomic E-state index is -1.25. The number of nitrogens with one attached hydrogen (secondary N) is 1. The number of nitrogens with zero attached hydrogens (tertiary/aromatic N) is 1. The summed E-state index contributed by atoms with van der Waals surface area (Å²) in [4.78, 5) is 15.6. The first-order valence-corrected chi connectivity index (χ1v) is 12.1. The zero-order valence-electron chi connectivity index (χ0n) is 17.8. The van der Waals surface area contributed by atoms with Crippen LogP contribution in [0.4, 0.5) is 0 Å². The number of amides is 1. The van der Waals surface area contributed by atoms with Gasteiger partial charge in [-0.25, -0.2) is 0 Å². The van der Waals surface area contributed by atoms with Crippen LogP contribution in [0.15, 0.2) is 0 Å². The summed E-state index contributed by atoms with van der Waals surface area (Å²) in [5.41, 5.74) is 5.93. The van der Waals surface area contributed by atoms with Crippen LogP contribution in [0.1, 0.15) is 57.8 Å². The molecule has 6 unspecified atom stereocenters. The molecule has 4 aliphatic rings. The van der Waals surface area contributed by atoms with Gasteiger partial charge >= 0.3 is 7.12 Å². The molecule has 2 heterocycles. The highest BCUT2D eigenvalue weighted by molar-refractivity contribution is 6.43. The zero-order chi connectivity index (χ0) is 20.4. The number of carbonyl (C=O) groups is 1. The molecule has 2 saturated carbocycles. The van der Waals surface area contributed by atoms with Crippen LogP contribution in [-0.2, 0) is 4.79 Å². The van der Waals surface area contributed by atoms with Crippen LogP contribution in [0, 0.1) is 35.5 Å². The van der Waals surface area contributed by atoms with Crippen molar-refractivity contribution >= 4 is 13.0 Å². The normalized spacial score (nSPS) is 39.1. The van der Waals surface area contributed by atoms with Crippen molar-refractivity contribution in [1.82, 2.24) is 10.2 Å². The van der Waals surface area contributed by atoms with E-state index in [1.54, 1.807) is 0 Å². The van der Waals surface area contributed by atoms with Crippen LogP contribution in [0.2, 0.25) is 5.82 Å².